The van der Waals surface area contributed by atoms with E-state index in [2.05, 4.69) is 32.9 Å². The van der Waals surface area contributed by atoms with E-state index in [-0.39, 0.29) is 0 Å². The quantitative estimate of drug-likeness (QED) is 0.649. The average molecular weight is 176 g/mol. The molecule has 13 heavy (non-hydrogen) atoms. The molecular weight excluding hydrogens is 160 g/mol. The van der Waals surface area contributed by atoms with Gasteiger partial charge in [-0.2, -0.15) is 0 Å². The van der Waals surface area contributed by atoms with Gasteiger partial charge >= 0.3 is 0 Å². The Labute approximate surface area is 79.7 Å². The van der Waals surface area contributed by atoms with Crippen LogP contribution in [0.3, 0.4) is 0 Å². The first kappa shape index (κ1) is 9.85. The second kappa shape index (κ2) is 3.65. The fourth-order valence-electron chi connectivity index (χ4n) is 1.45. The van der Waals surface area contributed by atoms with E-state index < -0.39 is 0 Å². The number of aliphatic hydroxyl groups excluding tert-OH is 1. The third-order valence-electron chi connectivity index (χ3n) is 2.46. The van der Waals surface area contributed by atoms with E-state index in [4.69, 9.17) is 5.11 Å². The normalized spacial score (nSPS) is 11.8. The van der Waals surface area contributed by atoms with Gasteiger partial charge in [0, 0.05) is 0 Å². The lowest BCUT2D eigenvalue weighted by molar-refractivity contribution is 0.475. The lowest BCUT2D eigenvalue weighted by atomic mass is 9.97. The average Bonchev–Trinajstić information content (AvgIpc) is 2.10. The van der Waals surface area contributed by atoms with E-state index in [0.717, 1.165) is 17.4 Å². The van der Waals surface area contributed by atoms with Crippen molar-refractivity contribution in [3.63, 3.8) is 0 Å². The maximum Gasteiger partial charge on any atom is 0.0826 e. The van der Waals surface area contributed by atoms with Gasteiger partial charge < -0.3 is 5.11 Å². The Bertz CT molecular complexity index is 348. The summed E-state index contributed by atoms with van der Waals surface area (Å²) in [5.41, 5.74) is 5.82. The zero-order valence-corrected chi connectivity index (χ0v) is 8.68. The van der Waals surface area contributed by atoms with Gasteiger partial charge in [0.05, 0.1) is 6.26 Å². The monoisotopic (exact) mass is 176 g/mol. The molecule has 1 aromatic carbocycles. The summed E-state index contributed by atoms with van der Waals surface area (Å²) in [4.78, 5) is 0. The topological polar surface area (TPSA) is 20.2 Å². The van der Waals surface area contributed by atoms with E-state index in [0.29, 0.717) is 0 Å². The van der Waals surface area contributed by atoms with Crippen molar-refractivity contribution in [2.75, 3.05) is 0 Å². The van der Waals surface area contributed by atoms with Crippen LogP contribution in [0.15, 0.2) is 18.4 Å². The highest BCUT2D eigenvalue weighted by Crippen LogP contribution is 2.21. The molecule has 1 rings (SSSR count). The molecule has 1 N–H and O–H groups in total. The molecule has 70 valence electrons. The zero-order chi connectivity index (χ0) is 10.0. The molecule has 1 aromatic rings. The molecule has 0 unspecified atom stereocenters. The second-order valence-electron chi connectivity index (χ2n) is 3.56. The summed E-state index contributed by atoms with van der Waals surface area (Å²) < 4.78 is 0. The Morgan fingerprint density at radius 3 is 2.15 bits per heavy atom. The maximum atomic E-state index is 8.91. The first-order valence-corrected chi connectivity index (χ1v) is 4.45. The largest absolute Gasteiger partial charge is 0.515 e. The van der Waals surface area contributed by atoms with Crippen LogP contribution in [0.2, 0.25) is 0 Å². The third-order valence-corrected chi connectivity index (χ3v) is 2.46. The van der Waals surface area contributed by atoms with Crippen molar-refractivity contribution in [2.45, 2.75) is 27.7 Å². The number of aliphatic hydroxyl groups is 1. The molecule has 1 heteroatoms. The molecule has 1 nitrogen and oxygen atoms in total. The minimum Gasteiger partial charge on any atom is -0.515 e. The number of allylic oxidation sites excluding steroid dienone is 1. The Morgan fingerprint density at radius 2 is 1.62 bits per heavy atom. The molecule has 0 amide bonds. The Hall–Kier alpha value is -1.24. The van der Waals surface area contributed by atoms with Crippen LogP contribution in [-0.4, -0.2) is 5.11 Å². The van der Waals surface area contributed by atoms with Crippen LogP contribution in [0.1, 0.15) is 29.2 Å². The first-order chi connectivity index (χ1) is 6.06. The van der Waals surface area contributed by atoms with Crippen LogP contribution in [0.4, 0.5) is 0 Å². The molecule has 0 radical (unpaired) electrons. The highest BCUT2D eigenvalue weighted by molar-refractivity contribution is 5.66. The lowest BCUT2D eigenvalue weighted by Gasteiger charge is -2.09. The highest BCUT2D eigenvalue weighted by Gasteiger charge is 2.02. The van der Waals surface area contributed by atoms with Gasteiger partial charge in [-0.25, -0.2) is 0 Å². The van der Waals surface area contributed by atoms with Gasteiger partial charge in [0.1, 0.15) is 0 Å². The van der Waals surface area contributed by atoms with Gasteiger partial charge in [0.15, 0.2) is 0 Å². The van der Waals surface area contributed by atoms with Gasteiger partial charge in [-0.3, -0.25) is 0 Å². The SMILES string of the molecule is C/C(=C/O)c1cc(C)c(C)cc1C. The standard InChI is InChI=1S/C12H16O/c1-8-5-10(3)12(6-9(8)2)11(4)7-13/h5-7,13H,1-4H3/b11-7-. The van der Waals surface area contributed by atoms with Crippen molar-refractivity contribution >= 4 is 5.57 Å². The number of benzene rings is 1. The van der Waals surface area contributed by atoms with Gasteiger partial charge in [-0.05, 0) is 55.5 Å². The minimum absolute atomic E-state index is 0.917. The molecule has 0 aromatic heterocycles. The predicted octanol–water partition coefficient (Wildman–Crippen LogP) is 3.53. The number of rotatable bonds is 1. The van der Waals surface area contributed by atoms with Crippen molar-refractivity contribution < 1.29 is 5.11 Å². The van der Waals surface area contributed by atoms with E-state index in [1.54, 1.807) is 0 Å². The first-order valence-electron chi connectivity index (χ1n) is 4.45. The van der Waals surface area contributed by atoms with Gasteiger partial charge in [-0.1, -0.05) is 12.1 Å². The Kier molecular flexibility index (Phi) is 2.76. The molecular formula is C12H16O. The Balaban J connectivity index is 3.32. The van der Waals surface area contributed by atoms with Crippen molar-refractivity contribution in [1.29, 1.82) is 0 Å². The summed E-state index contributed by atoms with van der Waals surface area (Å²) in [6.45, 7) is 8.17. The van der Waals surface area contributed by atoms with E-state index in [9.17, 15) is 0 Å². The van der Waals surface area contributed by atoms with Crippen LogP contribution in [-0.2, 0) is 0 Å². The van der Waals surface area contributed by atoms with Crippen molar-refractivity contribution in [3.8, 4) is 0 Å². The van der Waals surface area contributed by atoms with E-state index >= 15 is 0 Å². The van der Waals surface area contributed by atoms with Crippen LogP contribution in [0.5, 0.6) is 0 Å². The summed E-state index contributed by atoms with van der Waals surface area (Å²) in [5, 5.41) is 8.91. The smallest absolute Gasteiger partial charge is 0.0826 e. The highest BCUT2D eigenvalue weighted by atomic mass is 16.2. The molecule has 0 heterocycles. The fraction of sp³-hybridized carbons (Fsp3) is 0.333. The van der Waals surface area contributed by atoms with Crippen molar-refractivity contribution in [1.82, 2.24) is 0 Å². The predicted molar refractivity (Wildman–Crippen MR) is 56.9 cm³/mol. The van der Waals surface area contributed by atoms with Gasteiger partial charge in [0.25, 0.3) is 0 Å². The summed E-state index contributed by atoms with van der Waals surface area (Å²) in [5.74, 6) is 0. The van der Waals surface area contributed by atoms with E-state index in [1.165, 1.54) is 16.7 Å². The van der Waals surface area contributed by atoms with Crippen LogP contribution >= 0.6 is 0 Å². The van der Waals surface area contributed by atoms with Gasteiger partial charge in [0.2, 0.25) is 0 Å². The zero-order valence-electron chi connectivity index (χ0n) is 8.68. The van der Waals surface area contributed by atoms with E-state index in [1.807, 2.05) is 6.92 Å². The summed E-state index contributed by atoms with van der Waals surface area (Å²) in [7, 11) is 0. The van der Waals surface area contributed by atoms with Crippen LogP contribution < -0.4 is 0 Å². The molecule has 0 aliphatic rings. The molecule has 0 atom stereocenters. The molecule has 0 saturated heterocycles. The number of hydrogen-bond acceptors (Lipinski definition) is 1. The molecule has 0 spiro atoms. The summed E-state index contributed by atoms with van der Waals surface area (Å²) >= 11 is 0. The molecule has 0 fully saturated rings. The minimum atomic E-state index is 0.917. The summed E-state index contributed by atoms with van der Waals surface area (Å²) in [6, 6.07) is 4.27. The third kappa shape index (κ3) is 1.92. The summed E-state index contributed by atoms with van der Waals surface area (Å²) in [6.07, 6.45) is 1.16. The second-order valence-corrected chi connectivity index (χ2v) is 3.56. The van der Waals surface area contributed by atoms with Crippen molar-refractivity contribution in [2.24, 2.45) is 0 Å². The molecule has 0 aliphatic carbocycles. The lowest BCUT2D eigenvalue weighted by Crippen LogP contribution is -1.90. The molecule has 0 saturated carbocycles. The van der Waals surface area contributed by atoms with Crippen LogP contribution in [0.25, 0.3) is 5.57 Å². The van der Waals surface area contributed by atoms with Crippen LogP contribution in [0, 0.1) is 20.8 Å². The van der Waals surface area contributed by atoms with Gasteiger partial charge in [-0.15, -0.1) is 0 Å². The Morgan fingerprint density at radius 1 is 1.08 bits per heavy atom. The number of hydrogen-bond donors (Lipinski definition) is 1. The molecule has 0 aliphatic heterocycles. The number of aryl methyl sites for hydroxylation is 3. The van der Waals surface area contributed by atoms with Crippen molar-refractivity contribution in [3.05, 3.63) is 40.6 Å². The fourth-order valence-corrected chi connectivity index (χ4v) is 1.45. The maximum absolute atomic E-state index is 8.91. The molecule has 0 bridgehead atoms.